The lowest BCUT2D eigenvalue weighted by molar-refractivity contribution is 0.0521. The Hall–Kier alpha value is 0.0499. The van der Waals surface area contributed by atoms with E-state index in [-0.39, 0.29) is 24.0 Å². The van der Waals surface area contributed by atoms with Crippen LogP contribution in [0.1, 0.15) is 41.5 Å². The molecule has 1 saturated heterocycles. The second-order valence-electron chi connectivity index (χ2n) is 5.07. The monoisotopic (exact) mass is 181 g/mol. The summed E-state index contributed by atoms with van der Waals surface area (Å²) in [5, 5.41) is 0.0759. The first-order valence-electron chi connectivity index (χ1n) is 4.94. The van der Waals surface area contributed by atoms with E-state index in [0.29, 0.717) is 0 Å². The van der Waals surface area contributed by atoms with E-state index in [1.807, 2.05) is 13.8 Å². The summed E-state index contributed by atoms with van der Waals surface area (Å²) in [5.74, 6) is 0. The maximum Gasteiger partial charge on any atom is 0.398 e. The maximum atomic E-state index is 5.80. The fourth-order valence-electron chi connectivity index (χ4n) is 1.35. The van der Waals surface area contributed by atoms with Crippen molar-refractivity contribution in [3.8, 4) is 0 Å². The zero-order valence-electron chi connectivity index (χ0n) is 9.55. The van der Waals surface area contributed by atoms with Crippen molar-refractivity contribution in [1.29, 1.82) is 0 Å². The predicted molar refractivity (Wildman–Crippen MR) is 56.9 cm³/mol. The van der Waals surface area contributed by atoms with Crippen molar-refractivity contribution in [1.82, 2.24) is 0 Å². The third-order valence-corrected chi connectivity index (χ3v) is 2.92. The summed E-state index contributed by atoms with van der Waals surface area (Å²) in [6, 6.07) is 0. The maximum absolute atomic E-state index is 5.80. The molecule has 13 heavy (non-hydrogen) atoms. The lowest BCUT2D eigenvalue weighted by atomic mass is 9.33. The Morgan fingerprint density at radius 1 is 1.23 bits per heavy atom. The highest BCUT2D eigenvalue weighted by Gasteiger charge is 2.51. The third-order valence-electron chi connectivity index (χ3n) is 2.92. The summed E-state index contributed by atoms with van der Waals surface area (Å²) < 4.78 is 11.4. The molecular formula is C9H19B2O2. The van der Waals surface area contributed by atoms with Gasteiger partial charge in [0.2, 0.25) is 0 Å². The van der Waals surface area contributed by atoms with Crippen LogP contribution in [-0.4, -0.2) is 25.9 Å². The first kappa shape index (κ1) is 11.1. The van der Waals surface area contributed by atoms with E-state index in [9.17, 15) is 0 Å². The van der Waals surface area contributed by atoms with Crippen LogP contribution < -0.4 is 0 Å². The molecule has 1 aliphatic heterocycles. The molecule has 0 bridgehead atoms. The first-order valence-corrected chi connectivity index (χ1v) is 4.94. The molecule has 1 fully saturated rings. The molecule has 0 spiro atoms. The van der Waals surface area contributed by atoms with E-state index in [4.69, 9.17) is 9.31 Å². The van der Waals surface area contributed by atoms with E-state index in [0.717, 1.165) is 0 Å². The fraction of sp³-hybridized carbons (Fsp3) is 1.00. The zero-order chi connectivity index (χ0) is 10.3. The molecule has 0 atom stereocenters. The van der Waals surface area contributed by atoms with Crippen LogP contribution in [0.2, 0.25) is 5.31 Å². The molecular weight excluding hydrogens is 162 g/mol. The normalized spacial score (nSPS) is 25.0. The van der Waals surface area contributed by atoms with Crippen LogP contribution in [-0.2, 0) is 9.31 Å². The highest BCUT2D eigenvalue weighted by molar-refractivity contribution is 7.08. The standard InChI is InChI=1S/C9H19B2O2/c1-7(2)12-11-10-8(3,4)9(5,6)13-11/h7H,1-6H3. The Kier molecular flexibility index (Phi) is 2.84. The molecule has 0 aromatic rings. The topological polar surface area (TPSA) is 18.5 Å². The summed E-state index contributed by atoms with van der Waals surface area (Å²) in [6.07, 6.45) is 0.214. The van der Waals surface area contributed by atoms with Gasteiger partial charge < -0.3 is 9.31 Å². The van der Waals surface area contributed by atoms with Crippen molar-refractivity contribution in [2.45, 2.75) is 58.6 Å². The summed E-state index contributed by atoms with van der Waals surface area (Å²) in [5.41, 5.74) is -0.132. The molecule has 1 heterocycles. The van der Waals surface area contributed by atoms with Gasteiger partial charge in [-0.15, -0.1) is 0 Å². The van der Waals surface area contributed by atoms with E-state index in [2.05, 4.69) is 34.9 Å². The molecule has 2 nitrogen and oxygen atoms in total. The molecule has 0 aromatic heterocycles. The molecule has 0 aliphatic carbocycles. The smallest absolute Gasteiger partial charge is 0.398 e. The number of hydrogen-bond acceptors (Lipinski definition) is 2. The van der Waals surface area contributed by atoms with E-state index < -0.39 is 0 Å². The molecule has 1 aliphatic rings. The van der Waals surface area contributed by atoms with E-state index >= 15 is 0 Å². The van der Waals surface area contributed by atoms with Gasteiger partial charge in [0.25, 0.3) is 0 Å². The van der Waals surface area contributed by atoms with Gasteiger partial charge in [0, 0.05) is 11.7 Å². The van der Waals surface area contributed by atoms with Gasteiger partial charge >= 0.3 is 7.01 Å². The van der Waals surface area contributed by atoms with Crippen LogP contribution in [0.25, 0.3) is 0 Å². The average molecular weight is 181 g/mol. The van der Waals surface area contributed by atoms with Gasteiger partial charge in [0.15, 0.2) is 7.17 Å². The molecule has 0 amide bonds. The van der Waals surface area contributed by atoms with Crippen molar-refractivity contribution >= 4 is 14.2 Å². The van der Waals surface area contributed by atoms with Crippen LogP contribution >= 0.6 is 0 Å². The largest absolute Gasteiger partial charge is 0.416 e. The van der Waals surface area contributed by atoms with Gasteiger partial charge in [-0.2, -0.15) is 0 Å². The van der Waals surface area contributed by atoms with Crippen molar-refractivity contribution in [3.05, 3.63) is 0 Å². The average Bonchev–Trinajstić information content (AvgIpc) is 1.98. The Labute approximate surface area is 82.7 Å². The van der Waals surface area contributed by atoms with Gasteiger partial charge in [0.05, 0.1) is 0 Å². The minimum absolute atomic E-state index is 0.0759. The summed E-state index contributed by atoms with van der Waals surface area (Å²) >= 11 is 0. The highest BCUT2D eigenvalue weighted by atomic mass is 16.6. The fourth-order valence-corrected chi connectivity index (χ4v) is 1.35. The van der Waals surface area contributed by atoms with Gasteiger partial charge in [-0.05, 0) is 33.0 Å². The Bertz CT molecular complexity index is 174. The molecule has 1 radical (unpaired) electrons. The van der Waals surface area contributed by atoms with Crippen LogP contribution in [0, 0.1) is 0 Å². The lowest BCUT2D eigenvalue weighted by Crippen LogP contribution is -2.31. The molecule has 1 rings (SSSR count). The summed E-state index contributed by atoms with van der Waals surface area (Å²) in [4.78, 5) is 0. The minimum Gasteiger partial charge on any atom is -0.416 e. The Balaban J connectivity index is 2.60. The number of hydrogen-bond donors (Lipinski definition) is 0. The molecule has 0 unspecified atom stereocenters. The summed E-state index contributed by atoms with van der Waals surface area (Å²) in [7, 11) is 2.00. The van der Waals surface area contributed by atoms with Gasteiger partial charge in [-0.1, -0.05) is 13.8 Å². The SMILES string of the molecule is CC(C)OB1[B]C(C)(C)C(C)(C)O1. The third kappa shape index (κ3) is 2.29. The summed E-state index contributed by atoms with van der Waals surface area (Å²) in [6.45, 7) is 12.6. The number of rotatable bonds is 2. The van der Waals surface area contributed by atoms with Gasteiger partial charge in [-0.25, -0.2) is 0 Å². The minimum atomic E-state index is -0.148. The lowest BCUT2D eigenvalue weighted by Gasteiger charge is -2.34. The van der Waals surface area contributed by atoms with Crippen LogP contribution in [0.3, 0.4) is 0 Å². The first-order chi connectivity index (χ1) is 5.74. The van der Waals surface area contributed by atoms with Crippen LogP contribution in [0.15, 0.2) is 0 Å². The molecule has 0 saturated carbocycles. The van der Waals surface area contributed by atoms with Gasteiger partial charge in [-0.3, -0.25) is 0 Å². The second-order valence-corrected chi connectivity index (χ2v) is 5.07. The van der Waals surface area contributed by atoms with Crippen molar-refractivity contribution in [2.24, 2.45) is 0 Å². The van der Waals surface area contributed by atoms with Crippen LogP contribution in [0.4, 0.5) is 0 Å². The zero-order valence-corrected chi connectivity index (χ0v) is 9.55. The molecule has 0 N–H and O–H groups in total. The molecule has 4 heteroatoms. The van der Waals surface area contributed by atoms with Crippen molar-refractivity contribution in [2.75, 3.05) is 0 Å². The van der Waals surface area contributed by atoms with Crippen LogP contribution in [0.5, 0.6) is 0 Å². The highest BCUT2D eigenvalue weighted by Crippen LogP contribution is 2.45. The van der Waals surface area contributed by atoms with Crippen molar-refractivity contribution < 1.29 is 9.31 Å². The van der Waals surface area contributed by atoms with E-state index in [1.165, 1.54) is 0 Å². The predicted octanol–water partition coefficient (Wildman–Crippen LogP) is 2.11. The molecule has 73 valence electrons. The quantitative estimate of drug-likeness (QED) is 0.607. The van der Waals surface area contributed by atoms with E-state index in [1.54, 1.807) is 0 Å². The van der Waals surface area contributed by atoms with Gasteiger partial charge in [0.1, 0.15) is 0 Å². The molecule has 0 aromatic carbocycles. The Morgan fingerprint density at radius 2 is 1.77 bits per heavy atom. The second kappa shape index (κ2) is 3.32. The van der Waals surface area contributed by atoms with Crippen molar-refractivity contribution in [3.63, 3.8) is 0 Å². The Morgan fingerprint density at radius 3 is 2.08 bits per heavy atom.